The summed E-state index contributed by atoms with van der Waals surface area (Å²) in [6.45, 7) is 3.42. The second-order valence-electron chi connectivity index (χ2n) is 7.13. The molecule has 0 aliphatic rings. The smallest absolute Gasteiger partial charge is 0.255 e. The minimum absolute atomic E-state index is 0.0312. The van der Waals surface area contributed by atoms with Crippen molar-refractivity contribution in [2.45, 2.75) is 30.4 Å². The Kier molecular flexibility index (Phi) is 7.78. The van der Waals surface area contributed by atoms with Crippen molar-refractivity contribution in [3.63, 3.8) is 0 Å². The van der Waals surface area contributed by atoms with Gasteiger partial charge in [0.15, 0.2) is 5.78 Å². The Hall–Kier alpha value is -3.45. The number of amides is 2. The van der Waals surface area contributed by atoms with Gasteiger partial charge in [-0.25, -0.2) is 4.39 Å². The van der Waals surface area contributed by atoms with E-state index in [1.54, 1.807) is 42.5 Å². The van der Waals surface area contributed by atoms with E-state index in [0.29, 0.717) is 28.9 Å². The molecule has 1 atom stereocenters. The highest BCUT2D eigenvalue weighted by molar-refractivity contribution is 8.00. The van der Waals surface area contributed by atoms with Crippen LogP contribution < -0.4 is 10.6 Å². The highest BCUT2D eigenvalue weighted by atomic mass is 32.2. The zero-order valence-electron chi connectivity index (χ0n) is 17.7. The Morgan fingerprint density at radius 3 is 2.16 bits per heavy atom. The van der Waals surface area contributed by atoms with Gasteiger partial charge in [0.1, 0.15) is 5.82 Å². The number of hydrogen-bond donors (Lipinski definition) is 2. The molecule has 0 bridgehead atoms. The number of halogens is 1. The number of rotatable bonds is 8. The van der Waals surface area contributed by atoms with Crippen LogP contribution in [-0.4, -0.2) is 22.8 Å². The first kappa shape index (κ1) is 23.2. The Balaban J connectivity index is 1.64. The molecule has 0 radical (unpaired) electrons. The zero-order valence-corrected chi connectivity index (χ0v) is 18.5. The molecule has 2 N–H and O–H groups in total. The van der Waals surface area contributed by atoms with Crippen molar-refractivity contribution in [2.24, 2.45) is 0 Å². The van der Waals surface area contributed by atoms with E-state index in [0.717, 1.165) is 4.90 Å². The number of Topliss-reactive ketones (excluding diaryl/α,β-unsaturated/α-hetero) is 1. The van der Waals surface area contributed by atoms with Crippen molar-refractivity contribution in [1.82, 2.24) is 0 Å². The predicted octanol–water partition coefficient (Wildman–Crippen LogP) is 5.79. The largest absolute Gasteiger partial charge is 0.325 e. The van der Waals surface area contributed by atoms with Gasteiger partial charge >= 0.3 is 0 Å². The fourth-order valence-corrected chi connectivity index (χ4v) is 3.96. The fourth-order valence-electron chi connectivity index (χ4n) is 2.95. The Bertz CT molecular complexity index is 1110. The van der Waals surface area contributed by atoms with Crippen LogP contribution in [0.1, 0.15) is 41.0 Å². The maximum absolute atomic E-state index is 13.1. The first-order valence-corrected chi connectivity index (χ1v) is 11.0. The van der Waals surface area contributed by atoms with Crippen LogP contribution in [0.2, 0.25) is 0 Å². The predicted molar refractivity (Wildman–Crippen MR) is 126 cm³/mol. The van der Waals surface area contributed by atoms with Crippen LogP contribution in [0.3, 0.4) is 0 Å². The molecular weight excluding hydrogens is 427 g/mol. The molecule has 7 heteroatoms. The molecule has 3 rings (SSSR count). The SMILES string of the molecule is CCC(Sc1cccc(NC(=O)c2ccc(F)cc2)c1)C(=O)Nc1ccc(C(C)=O)cc1. The lowest BCUT2D eigenvalue weighted by Crippen LogP contribution is -2.24. The van der Waals surface area contributed by atoms with E-state index < -0.39 is 5.82 Å². The minimum Gasteiger partial charge on any atom is -0.325 e. The minimum atomic E-state index is -0.404. The highest BCUT2D eigenvalue weighted by Gasteiger charge is 2.18. The summed E-state index contributed by atoms with van der Waals surface area (Å²) in [5.74, 6) is -0.922. The highest BCUT2D eigenvalue weighted by Crippen LogP contribution is 2.29. The lowest BCUT2D eigenvalue weighted by atomic mass is 10.1. The Labute approximate surface area is 190 Å². The van der Waals surface area contributed by atoms with Crippen molar-refractivity contribution in [2.75, 3.05) is 10.6 Å². The number of carbonyl (C=O) groups is 3. The summed E-state index contributed by atoms with van der Waals surface area (Å²) < 4.78 is 13.1. The average Bonchev–Trinajstić information content (AvgIpc) is 2.78. The maximum atomic E-state index is 13.1. The van der Waals surface area contributed by atoms with E-state index in [9.17, 15) is 18.8 Å². The lowest BCUT2D eigenvalue weighted by Gasteiger charge is -2.15. The van der Waals surface area contributed by atoms with Crippen LogP contribution in [0.15, 0.2) is 77.7 Å². The molecule has 0 saturated carbocycles. The quantitative estimate of drug-likeness (QED) is 0.336. The van der Waals surface area contributed by atoms with Gasteiger partial charge in [-0.2, -0.15) is 0 Å². The molecule has 0 heterocycles. The molecule has 0 aliphatic heterocycles. The number of benzene rings is 3. The molecule has 5 nitrogen and oxygen atoms in total. The number of hydrogen-bond acceptors (Lipinski definition) is 4. The third-order valence-corrected chi connectivity index (χ3v) is 6.06. The normalized spacial score (nSPS) is 11.5. The maximum Gasteiger partial charge on any atom is 0.255 e. The molecule has 0 spiro atoms. The summed E-state index contributed by atoms with van der Waals surface area (Å²) in [5.41, 5.74) is 2.15. The van der Waals surface area contributed by atoms with Crippen molar-refractivity contribution in [3.8, 4) is 0 Å². The molecule has 0 fully saturated rings. The van der Waals surface area contributed by atoms with Gasteiger partial charge in [-0.05, 0) is 80.1 Å². The van der Waals surface area contributed by atoms with Crippen molar-refractivity contribution in [3.05, 3.63) is 89.7 Å². The van der Waals surface area contributed by atoms with Crippen molar-refractivity contribution >= 4 is 40.7 Å². The molecule has 164 valence electrons. The number of ketones is 1. The van der Waals surface area contributed by atoms with Gasteiger partial charge in [-0.3, -0.25) is 14.4 Å². The van der Waals surface area contributed by atoms with Crippen molar-refractivity contribution in [1.29, 1.82) is 0 Å². The molecule has 3 aromatic carbocycles. The number of thioether (sulfide) groups is 1. The van der Waals surface area contributed by atoms with Gasteiger partial charge in [0.25, 0.3) is 5.91 Å². The van der Waals surface area contributed by atoms with E-state index in [1.807, 2.05) is 13.0 Å². The van der Waals surface area contributed by atoms with E-state index in [-0.39, 0.29) is 22.8 Å². The van der Waals surface area contributed by atoms with Gasteiger partial charge in [-0.1, -0.05) is 13.0 Å². The molecule has 32 heavy (non-hydrogen) atoms. The summed E-state index contributed by atoms with van der Waals surface area (Å²) in [6.07, 6.45) is 0.605. The molecule has 0 aromatic heterocycles. The Morgan fingerprint density at radius 2 is 1.53 bits per heavy atom. The summed E-state index contributed by atoms with van der Waals surface area (Å²) in [7, 11) is 0. The van der Waals surface area contributed by atoms with Crippen LogP contribution in [0.4, 0.5) is 15.8 Å². The molecular formula is C25H23FN2O3S. The van der Waals surface area contributed by atoms with Crippen LogP contribution in [0, 0.1) is 5.82 Å². The average molecular weight is 451 g/mol. The van der Waals surface area contributed by atoms with E-state index >= 15 is 0 Å². The van der Waals surface area contributed by atoms with E-state index in [4.69, 9.17) is 0 Å². The van der Waals surface area contributed by atoms with Crippen molar-refractivity contribution < 1.29 is 18.8 Å². The zero-order chi connectivity index (χ0) is 23.1. The topological polar surface area (TPSA) is 75.3 Å². The molecule has 1 unspecified atom stereocenters. The summed E-state index contributed by atoms with van der Waals surface area (Å²) in [5, 5.41) is 5.33. The van der Waals surface area contributed by atoms with Gasteiger partial charge in [0.2, 0.25) is 5.91 Å². The molecule has 0 saturated heterocycles. The number of anilines is 2. The lowest BCUT2D eigenvalue weighted by molar-refractivity contribution is -0.115. The van der Waals surface area contributed by atoms with Gasteiger partial charge in [0, 0.05) is 27.4 Å². The third-order valence-electron chi connectivity index (χ3n) is 4.70. The third kappa shape index (κ3) is 6.28. The number of nitrogens with one attached hydrogen (secondary N) is 2. The van der Waals surface area contributed by atoms with Gasteiger partial charge in [0.05, 0.1) is 5.25 Å². The van der Waals surface area contributed by atoms with Crippen LogP contribution in [0.5, 0.6) is 0 Å². The number of carbonyl (C=O) groups excluding carboxylic acids is 3. The molecule has 3 aromatic rings. The first-order valence-electron chi connectivity index (χ1n) is 10.1. The monoisotopic (exact) mass is 450 g/mol. The Morgan fingerprint density at radius 1 is 0.875 bits per heavy atom. The second kappa shape index (κ2) is 10.7. The van der Waals surface area contributed by atoms with Gasteiger partial charge < -0.3 is 10.6 Å². The van der Waals surface area contributed by atoms with E-state index in [2.05, 4.69) is 10.6 Å². The van der Waals surface area contributed by atoms with Gasteiger partial charge in [-0.15, -0.1) is 11.8 Å². The molecule has 2 amide bonds. The summed E-state index contributed by atoms with van der Waals surface area (Å²) in [6, 6.07) is 19.3. The standard InChI is InChI=1S/C25H23FN2O3S/c1-3-23(25(31)27-20-13-9-17(10-14-20)16(2)29)32-22-6-4-5-21(15-22)28-24(30)18-7-11-19(26)12-8-18/h4-15,23H,3H2,1-2H3,(H,27,31)(H,28,30). The van der Waals surface area contributed by atoms with Crippen LogP contribution in [0.25, 0.3) is 0 Å². The van der Waals surface area contributed by atoms with Crippen LogP contribution in [-0.2, 0) is 4.79 Å². The van der Waals surface area contributed by atoms with E-state index in [1.165, 1.54) is 43.0 Å². The first-order chi connectivity index (χ1) is 15.4. The van der Waals surface area contributed by atoms with Crippen LogP contribution >= 0.6 is 11.8 Å². The summed E-state index contributed by atoms with van der Waals surface area (Å²) in [4.78, 5) is 37.3. The second-order valence-corrected chi connectivity index (χ2v) is 8.40. The molecule has 0 aliphatic carbocycles. The summed E-state index contributed by atoms with van der Waals surface area (Å²) >= 11 is 1.40. The fraction of sp³-hybridized carbons (Fsp3) is 0.160.